The van der Waals surface area contributed by atoms with E-state index in [1.807, 2.05) is 0 Å². The third-order valence-electron chi connectivity index (χ3n) is 1.97. The van der Waals surface area contributed by atoms with Crippen molar-refractivity contribution in [2.24, 2.45) is 0 Å². The molecule has 0 aliphatic heterocycles. The molecule has 0 amide bonds. The normalized spacial score (nSPS) is 13.6. The Hall–Kier alpha value is -1.30. The van der Waals surface area contributed by atoms with Crippen LogP contribution in [0.4, 0.5) is 17.6 Å². The minimum Gasteiger partial charge on any atom is -0.406 e. The predicted octanol–water partition coefficient (Wildman–Crippen LogP) is 2.82. The van der Waals surface area contributed by atoms with E-state index in [1.165, 1.54) is 0 Å². The SMILES string of the molecule is CC(CO)c1cc(F)cc(OC(F)(F)F)c1. The molecule has 0 radical (unpaired) electrons. The molecular formula is C10H10F4O2. The molecule has 1 N–H and O–H groups in total. The summed E-state index contributed by atoms with van der Waals surface area (Å²) in [6.45, 7) is 1.28. The summed E-state index contributed by atoms with van der Waals surface area (Å²) in [7, 11) is 0. The van der Waals surface area contributed by atoms with E-state index in [0.29, 0.717) is 6.07 Å². The van der Waals surface area contributed by atoms with Crippen LogP contribution in [0.5, 0.6) is 5.75 Å². The summed E-state index contributed by atoms with van der Waals surface area (Å²) < 4.78 is 52.2. The summed E-state index contributed by atoms with van der Waals surface area (Å²) in [6.07, 6.45) is -4.85. The first-order valence-electron chi connectivity index (χ1n) is 4.49. The van der Waals surface area contributed by atoms with E-state index in [-0.39, 0.29) is 12.2 Å². The van der Waals surface area contributed by atoms with Crippen molar-refractivity contribution in [2.45, 2.75) is 19.2 Å². The summed E-state index contributed by atoms with van der Waals surface area (Å²) in [5, 5.41) is 8.82. The average Bonchev–Trinajstić information content (AvgIpc) is 2.12. The fourth-order valence-corrected chi connectivity index (χ4v) is 1.17. The highest BCUT2D eigenvalue weighted by Gasteiger charge is 2.31. The second-order valence-corrected chi connectivity index (χ2v) is 3.35. The van der Waals surface area contributed by atoms with Gasteiger partial charge in [-0.3, -0.25) is 0 Å². The lowest BCUT2D eigenvalue weighted by molar-refractivity contribution is -0.274. The van der Waals surface area contributed by atoms with E-state index in [1.54, 1.807) is 6.92 Å². The number of hydrogen-bond donors (Lipinski definition) is 1. The molecule has 0 heterocycles. The fourth-order valence-electron chi connectivity index (χ4n) is 1.17. The molecule has 0 aliphatic carbocycles. The van der Waals surface area contributed by atoms with E-state index >= 15 is 0 Å². The minimum atomic E-state index is -4.85. The van der Waals surface area contributed by atoms with Crippen LogP contribution in [-0.2, 0) is 0 Å². The summed E-state index contributed by atoms with van der Waals surface area (Å²) in [6, 6.07) is 2.75. The van der Waals surface area contributed by atoms with Crippen molar-refractivity contribution in [1.82, 2.24) is 0 Å². The molecule has 1 aromatic carbocycles. The second kappa shape index (κ2) is 4.69. The van der Waals surface area contributed by atoms with E-state index < -0.39 is 23.8 Å². The number of rotatable bonds is 3. The van der Waals surface area contributed by atoms with E-state index in [0.717, 1.165) is 12.1 Å². The summed E-state index contributed by atoms with van der Waals surface area (Å²) in [5.41, 5.74) is 0.252. The summed E-state index contributed by atoms with van der Waals surface area (Å²) in [5.74, 6) is -1.91. The van der Waals surface area contributed by atoms with Crippen molar-refractivity contribution in [1.29, 1.82) is 0 Å². The van der Waals surface area contributed by atoms with Gasteiger partial charge in [-0.2, -0.15) is 0 Å². The highest BCUT2D eigenvalue weighted by Crippen LogP contribution is 2.27. The molecule has 0 bridgehead atoms. The quantitative estimate of drug-likeness (QED) is 0.820. The maximum atomic E-state index is 13.0. The molecule has 1 rings (SSSR count). The molecule has 1 atom stereocenters. The molecule has 6 heteroatoms. The van der Waals surface area contributed by atoms with Gasteiger partial charge in [0.2, 0.25) is 0 Å². The van der Waals surface area contributed by atoms with Crippen LogP contribution in [0.2, 0.25) is 0 Å². The number of aliphatic hydroxyl groups excluding tert-OH is 1. The zero-order chi connectivity index (χ0) is 12.3. The first-order chi connectivity index (χ1) is 7.31. The van der Waals surface area contributed by atoms with Crippen molar-refractivity contribution >= 4 is 0 Å². The van der Waals surface area contributed by atoms with Gasteiger partial charge in [-0.25, -0.2) is 4.39 Å². The smallest absolute Gasteiger partial charge is 0.406 e. The molecule has 1 unspecified atom stereocenters. The maximum Gasteiger partial charge on any atom is 0.573 e. The van der Waals surface area contributed by atoms with Crippen molar-refractivity contribution in [3.8, 4) is 5.75 Å². The van der Waals surface area contributed by atoms with Gasteiger partial charge in [0, 0.05) is 18.6 Å². The van der Waals surface area contributed by atoms with Gasteiger partial charge in [-0.15, -0.1) is 13.2 Å². The highest BCUT2D eigenvalue weighted by atomic mass is 19.4. The van der Waals surface area contributed by atoms with Gasteiger partial charge in [-0.05, 0) is 17.7 Å². The van der Waals surface area contributed by atoms with Crippen LogP contribution in [0.1, 0.15) is 18.4 Å². The van der Waals surface area contributed by atoms with Crippen LogP contribution in [0.15, 0.2) is 18.2 Å². The Labute approximate surface area is 89.5 Å². The molecule has 0 spiro atoms. The zero-order valence-electron chi connectivity index (χ0n) is 8.38. The van der Waals surface area contributed by atoms with Gasteiger partial charge >= 0.3 is 6.36 Å². The van der Waals surface area contributed by atoms with Crippen LogP contribution in [0, 0.1) is 5.82 Å². The number of benzene rings is 1. The molecule has 90 valence electrons. The van der Waals surface area contributed by atoms with Gasteiger partial charge in [-0.1, -0.05) is 6.92 Å². The Bertz CT molecular complexity index is 362. The fraction of sp³-hybridized carbons (Fsp3) is 0.400. The lowest BCUT2D eigenvalue weighted by Gasteiger charge is -2.13. The molecule has 0 aliphatic rings. The van der Waals surface area contributed by atoms with Crippen LogP contribution in [0.25, 0.3) is 0 Å². The van der Waals surface area contributed by atoms with Crippen molar-refractivity contribution in [3.05, 3.63) is 29.6 Å². The average molecular weight is 238 g/mol. The largest absolute Gasteiger partial charge is 0.573 e. The van der Waals surface area contributed by atoms with Gasteiger partial charge in [0.15, 0.2) is 0 Å². The van der Waals surface area contributed by atoms with E-state index in [2.05, 4.69) is 4.74 Å². The molecular weight excluding hydrogens is 228 g/mol. The van der Waals surface area contributed by atoms with Crippen molar-refractivity contribution in [2.75, 3.05) is 6.61 Å². The van der Waals surface area contributed by atoms with Crippen LogP contribution >= 0.6 is 0 Å². The second-order valence-electron chi connectivity index (χ2n) is 3.35. The molecule has 16 heavy (non-hydrogen) atoms. The summed E-state index contributed by atoms with van der Waals surface area (Å²) in [4.78, 5) is 0. The zero-order valence-corrected chi connectivity index (χ0v) is 8.38. The lowest BCUT2D eigenvalue weighted by Crippen LogP contribution is -2.17. The van der Waals surface area contributed by atoms with E-state index in [9.17, 15) is 17.6 Å². The van der Waals surface area contributed by atoms with Gasteiger partial charge in [0.1, 0.15) is 11.6 Å². The summed E-state index contributed by atoms with van der Waals surface area (Å²) >= 11 is 0. The molecule has 1 aromatic rings. The standard InChI is InChI=1S/C10H10F4O2/c1-6(5-15)7-2-8(11)4-9(3-7)16-10(12,13)14/h2-4,6,15H,5H2,1H3. The Balaban J connectivity index is 2.99. The molecule has 0 aromatic heterocycles. The van der Waals surface area contributed by atoms with Gasteiger partial charge in [0.25, 0.3) is 0 Å². The molecule has 0 saturated carbocycles. The minimum absolute atomic E-state index is 0.252. The number of hydrogen-bond acceptors (Lipinski definition) is 2. The molecule has 0 fully saturated rings. The predicted molar refractivity (Wildman–Crippen MR) is 48.6 cm³/mol. The third kappa shape index (κ3) is 3.69. The number of alkyl halides is 3. The van der Waals surface area contributed by atoms with Gasteiger partial charge in [0.05, 0.1) is 0 Å². The van der Waals surface area contributed by atoms with Crippen LogP contribution in [0.3, 0.4) is 0 Å². The topological polar surface area (TPSA) is 29.5 Å². The molecule has 0 saturated heterocycles. The first kappa shape index (κ1) is 12.8. The maximum absolute atomic E-state index is 13.0. The van der Waals surface area contributed by atoms with E-state index in [4.69, 9.17) is 5.11 Å². The number of aliphatic hydroxyl groups is 1. The Morgan fingerprint density at radius 2 is 1.94 bits per heavy atom. The Morgan fingerprint density at radius 1 is 1.31 bits per heavy atom. The number of halogens is 4. The Kier molecular flexibility index (Phi) is 3.74. The van der Waals surface area contributed by atoms with Crippen molar-refractivity contribution in [3.63, 3.8) is 0 Å². The highest BCUT2D eigenvalue weighted by molar-refractivity contribution is 5.31. The van der Waals surface area contributed by atoms with Crippen molar-refractivity contribution < 1.29 is 27.4 Å². The van der Waals surface area contributed by atoms with Gasteiger partial charge < -0.3 is 9.84 Å². The Morgan fingerprint density at radius 3 is 2.44 bits per heavy atom. The number of ether oxygens (including phenoxy) is 1. The third-order valence-corrected chi connectivity index (χ3v) is 1.97. The first-order valence-corrected chi connectivity index (χ1v) is 4.49. The lowest BCUT2D eigenvalue weighted by atomic mass is 10.0. The molecule has 2 nitrogen and oxygen atoms in total. The monoisotopic (exact) mass is 238 g/mol. The van der Waals surface area contributed by atoms with Crippen LogP contribution < -0.4 is 4.74 Å². The van der Waals surface area contributed by atoms with Crippen LogP contribution in [-0.4, -0.2) is 18.1 Å².